The molecule has 0 radical (unpaired) electrons. The molecule has 1 saturated heterocycles. The van der Waals surface area contributed by atoms with Crippen LogP contribution < -0.4 is 0 Å². The summed E-state index contributed by atoms with van der Waals surface area (Å²) in [5.41, 5.74) is -1.70. The van der Waals surface area contributed by atoms with Crippen molar-refractivity contribution in [1.82, 2.24) is 0 Å². The molecule has 1 aliphatic rings. The van der Waals surface area contributed by atoms with Gasteiger partial charge in [-0.3, -0.25) is 0 Å². The normalized spacial score (nSPS) is 48.2. The van der Waals surface area contributed by atoms with E-state index in [-0.39, 0.29) is 13.0 Å². The van der Waals surface area contributed by atoms with Crippen molar-refractivity contribution in [3.05, 3.63) is 0 Å². The fourth-order valence-electron chi connectivity index (χ4n) is 1.64. The first-order chi connectivity index (χ1) is 5.56. The summed E-state index contributed by atoms with van der Waals surface area (Å²) in [4.78, 5) is 0. The Labute approximate surface area is 71.2 Å². The van der Waals surface area contributed by atoms with Crippen LogP contribution in [0.25, 0.3) is 0 Å². The molecule has 1 rings (SSSR count). The topological polar surface area (TPSA) is 49.7 Å². The number of halogens is 1. The van der Waals surface area contributed by atoms with Crippen molar-refractivity contribution in [2.24, 2.45) is 0 Å². The van der Waals surface area contributed by atoms with Crippen molar-refractivity contribution in [3.8, 4) is 0 Å². The molecule has 0 amide bonds. The number of ether oxygens (including phenoxy) is 1. The van der Waals surface area contributed by atoms with Gasteiger partial charge in [-0.1, -0.05) is 6.92 Å². The minimum absolute atomic E-state index is 0.200. The molecule has 4 heteroatoms. The van der Waals surface area contributed by atoms with Gasteiger partial charge in [-0.25, -0.2) is 4.39 Å². The second-order valence-corrected chi connectivity index (χ2v) is 3.22. The van der Waals surface area contributed by atoms with Crippen molar-refractivity contribution in [2.45, 2.75) is 44.2 Å². The lowest BCUT2D eigenvalue weighted by atomic mass is 9.91. The molecule has 0 aliphatic carbocycles. The fourth-order valence-corrected chi connectivity index (χ4v) is 1.64. The molecule has 72 valence electrons. The predicted octanol–water partition coefficient (Wildman–Crippen LogP) is 0.245. The summed E-state index contributed by atoms with van der Waals surface area (Å²) in [6.07, 6.45) is -2.42. The first kappa shape index (κ1) is 9.89. The molecule has 0 saturated carbocycles. The van der Waals surface area contributed by atoms with E-state index in [4.69, 9.17) is 9.84 Å². The van der Waals surface area contributed by atoms with E-state index >= 15 is 0 Å². The zero-order valence-corrected chi connectivity index (χ0v) is 7.33. The maximum Gasteiger partial charge on any atom is 0.164 e. The zero-order valence-electron chi connectivity index (χ0n) is 7.33. The highest BCUT2D eigenvalue weighted by atomic mass is 19.1. The molecule has 3 nitrogen and oxygen atoms in total. The maximum absolute atomic E-state index is 13.8. The second kappa shape index (κ2) is 3.28. The van der Waals surface area contributed by atoms with Gasteiger partial charge in [0.15, 0.2) is 5.67 Å². The van der Waals surface area contributed by atoms with Gasteiger partial charge < -0.3 is 14.9 Å². The summed E-state index contributed by atoms with van der Waals surface area (Å²) in [5.74, 6) is 0. The van der Waals surface area contributed by atoms with E-state index in [1.807, 2.05) is 0 Å². The molecule has 1 heterocycles. The summed E-state index contributed by atoms with van der Waals surface area (Å²) >= 11 is 0. The summed E-state index contributed by atoms with van der Waals surface area (Å²) in [6.45, 7) is 2.89. The molecule has 0 aromatic rings. The molecule has 1 fully saturated rings. The largest absolute Gasteiger partial charge is 0.394 e. The van der Waals surface area contributed by atoms with Gasteiger partial charge in [-0.05, 0) is 13.3 Å². The number of hydrogen-bond acceptors (Lipinski definition) is 3. The highest BCUT2D eigenvalue weighted by Gasteiger charge is 2.53. The molecular weight excluding hydrogens is 163 g/mol. The van der Waals surface area contributed by atoms with Crippen molar-refractivity contribution < 1.29 is 19.3 Å². The van der Waals surface area contributed by atoms with Crippen molar-refractivity contribution >= 4 is 0 Å². The van der Waals surface area contributed by atoms with Crippen molar-refractivity contribution in [1.29, 1.82) is 0 Å². The Balaban J connectivity index is 2.76. The van der Waals surface area contributed by atoms with Crippen LogP contribution in [0.2, 0.25) is 0 Å². The third kappa shape index (κ3) is 1.24. The molecule has 12 heavy (non-hydrogen) atoms. The van der Waals surface area contributed by atoms with E-state index in [0.29, 0.717) is 0 Å². The average Bonchev–Trinajstić information content (AvgIpc) is 2.30. The van der Waals surface area contributed by atoms with Gasteiger partial charge >= 0.3 is 0 Å². The van der Waals surface area contributed by atoms with Crippen LogP contribution in [0.1, 0.15) is 20.3 Å². The lowest BCUT2D eigenvalue weighted by molar-refractivity contribution is -0.0176. The predicted molar refractivity (Wildman–Crippen MR) is 41.6 cm³/mol. The number of aliphatic hydroxyl groups is 2. The minimum atomic E-state index is -1.70. The third-order valence-corrected chi connectivity index (χ3v) is 2.62. The highest BCUT2D eigenvalue weighted by Crippen LogP contribution is 2.36. The van der Waals surface area contributed by atoms with Crippen LogP contribution in [0, 0.1) is 0 Å². The van der Waals surface area contributed by atoms with Crippen LogP contribution in [0.15, 0.2) is 0 Å². The maximum atomic E-state index is 13.8. The van der Waals surface area contributed by atoms with Gasteiger partial charge in [-0.15, -0.1) is 0 Å². The summed E-state index contributed by atoms with van der Waals surface area (Å²) in [5, 5.41) is 18.1. The molecule has 0 aromatic carbocycles. The first-order valence-corrected chi connectivity index (χ1v) is 4.19. The Morgan fingerprint density at radius 2 is 2.17 bits per heavy atom. The molecule has 1 aliphatic heterocycles. The van der Waals surface area contributed by atoms with Gasteiger partial charge in [0.1, 0.15) is 12.2 Å². The molecule has 4 atom stereocenters. The Hall–Kier alpha value is -0.190. The fraction of sp³-hybridized carbons (Fsp3) is 1.00. The van der Waals surface area contributed by atoms with E-state index in [0.717, 1.165) is 0 Å². The van der Waals surface area contributed by atoms with E-state index in [1.54, 1.807) is 13.8 Å². The summed E-state index contributed by atoms with van der Waals surface area (Å²) in [6, 6.07) is 0. The van der Waals surface area contributed by atoms with Crippen molar-refractivity contribution in [2.75, 3.05) is 6.61 Å². The SMILES string of the molecule is CCC1(F)C(C)OC(CO)C1O. The minimum Gasteiger partial charge on any atom is -0.394 e. The molecule has 0 spiro atoms. The Kier molecular flexibility index (Phi) is 2.70. The Bertz CT molecular complexity index is 164. The first-order valence-electron chi connectivity index (χ1n) is 4.19. The zero-order chi connectivity index (χ0) is 9.35. The Morgan fingerprint density at radius 1 is 1.58 bits per heavy atom. The van der Waals surface area contributed by atoms with E-state index in [1.165, 1.54) is 0 Å². The average molecular weight is 178 g/mol. The standard InChI is InChI=1S/C8H15FO3/c1-3-8(9)5(2)12-6(4-10)7(8)11/h5-7,10-11H,3-4H2,1-2H3. The van der Waals surface area contributed by atoms with Gasteiger partial charge in [-0.2, -0.15) is 0 Å². The number of aliphatic hydroxyl groups excluding tert-OH is 2. The van der Waals surface area contributed by atoms with Gasteiger partial charge in [0, 0.05) is 0 Å². The molecule has 2 N–H and O–H groups in total. The lowest BCUT2D eigenvalue weighted by Crippen LogP contribution is -2.43. The van der Waals surface area contributed by atoms with Crippen LogP contribution in [0.5, 0.6) is 0 Å². The van der Waals surface area contributed by atoms with E-state index in [2.05, 4.69) is 0 Å². The number of rotatable bonds is 2. The third-order valence-electron chi connectivity index (χ3n) is 2.62. The Morgan fingerprint density at radius 3 is 2.42 bits per heavy atom. The van der Waals surface area contributed by atoms with Crippen LogP contribution >= 0.6 is 0 Å². The summed E-state index contributed by atoms with van der Waals surface area (Å²) < 4.78 is 18.8. The summed E-state index contributed by atoms with van der Waals surface area (Å²) in [7, 11) is 0. The van der Waals surface area contributed by atoms with Crippen LogP contribution in [-0.2, 0) is 4.74 Å². The monoisotopic (exact) mass is 178 g/mol. The molecule has 4 unspecified atom stereocenters. The van der Waals surface area contributed by atoms with E-state index < -0.39 is 24.0 Å². The highest BCUT2D eigenvalue weighted by molar-refractivity contribution is 5.01. The van der Waals surface area contributed by atoms with Crippen LogP contribution in [-0.4, -0.2) is 40.8 Å². The lowest BCUT2D eigenvalue weighted by Gasteiger charge is -2.24. The molecule has 0 aromatic heterocycles. The number of hydrogen-bond donors (Lipinski definition) is 2. The van der Waals surface area contributed by atoms with Crippen LogP contribution in [0.4, 0.5) is 4.39 Å². The van der Waals surface area contributed by atoms with Gasteiger partial charge in [0.25, 0.3) is 0 Å². The smallest absolute Gasteiger partial charge is 0.164 e. The number of alkyl halides is 1. The second-order valence-electron chi connectivity index (χ2n) is 3.22. The van der Waals surface area contributed by atoms with Gasteiger partial charge in [0.2, 0.25) is 0 Å². The van der Waals surface area contributed by atoms with Crippen LogP contribution in [0.3, 0.4) is 0 Å². The van der Waals surface area contributed by atoms with Crippen molar-refractivity contribution in [3.63, 3.8) is 0 Å². The quantitative estimate of drug-likeness (QED) is 0.637. The molecular formula is C8H15FO3. The molecule has 0 bridgehead atoms. The van der Waals surface area contributed by atoms with E-state index in [9.17, 15) is 9.50 Å². The van der Waals surface area contributed by atoms with Gasteiger partial charge in [0.05, 0.1) is 12.7 Å².